The maximum atomic E-state index is 11.9. The molecule has 0 aromatic heterocycles. The average molecular weight is 308 g/mol. The van der Waals surface area contributed by atoms with E-state index in [1.807, 2.05) is 6.92 Å². The molecule has 0 fully saturated rings. The van der Waals surface area contributed by atoms with Crippen LogP contribution in [0.4, 0.5) is 0 Å². The Morgan fingerprint density at radius 2 is 1.82 bits per heavy atom. The molecule has 122 valence electrons. The molecule has 0 unspecified atom stereocenters. The Labute approximate surface area is 131 Å². The topological polar surface area (TPSA) is 76.7 Å². The summed E-state index contributed by atoms with van der Waals surface area (Å²) in [5, 5.41) is 0. The summed E-state index contributed by atoms with van der Waals surface area (Å²) in [5.41, 5.74) is 5.15. The maximum absolute atomic E-state index is 11.9. The van der Waals surface area contributed by atoms with Gasteiger partial charge in [0.15, 0.2) is 0 Å². The highest BCUT2D eigenvalue weighted by atomic mass is 16.5. The first-order chi connectivity index (χ1) is 10.5. The Bertz CT molecular complexity index is 472. The van der Waals surface area contributed by atoms with Gasteiger partial charge in [0.05, 0.1) is 19.6 Å². The van der Waals surface area contributed by atoms with Crippen molar-refractivity contribution in [3.05, 3.63) is 29.8 Å². The molecule has 2 amide bonds. The number of carbonyl (C=O) groups is 2. The van der Waals surface area contributed by atoms with Crippen LogP contribution < -0.4 is 15.6 Å². The van der Waals surface area contributed by atoms with Crippen LogP contribution in [-0.4, -0.2) is 31.6 Å². The molecule has 1 rings (SSSR count). The summed E-state index contributed by atoms with van der Waals surface area (Å²) >= 11 is 0. The molecule has 1 aromatic carbocycles. The molecule has 0 radical (unpaired) electrons. The number of nitrogens with one attached hydrogen (secondary N) is 2. The minimum absolute atomic E-state index is 0.204. The minimum atomic E-state index is -0.375. The highest BCUT2D eigenvalue weighted by Gasteiger charge is 2.07. The molecule has 0 spiro atoms. The molecule has 6 heteroatoms. The first-order valence-corrected chi connectivity index (χ1v) is 7.42. The lowest BCUT2D eigenvalue weighted by Gasteiger charge is -2.10. The van der Waals surface area contributed by atoms with Crippen molar-refractivity contribution in [3.63, 3.8) is 0 Å². The van der Waals surface area contributed by atoms with Gasteiger partial charge in [-0.1, -0.05) is 13.8 Å². The van der Waals surface area contributed by atoms with Crippen LogP contribution in [0.25, 0.3) is 0 Å². The summed E-state index contributed by atoms with van der Waals surface area (Å²) in [4.78, 5) is 23.3. The van der Waals surface area contributed by atoms with Gasteiger partial charge < -0.3 is 9.47 Å². The predicted octanol–water partition coefficient (Wildman–Crippen LogP) is 1.91. The number of ether oxygens (including phenoxy) is 2. The van der Waals surface area contributed by atoms with Gasteiger partial charge in [-0.2, -0.15) is 0 Å². The molecule has 0 heterocycles. The van der Waals surface area contributed by atoms with Crippen LogP contribution in [-0.2, 0) is 9.53 Å². The molecular formula is C16H24N2O4. The van der Waals surface area contributed by atoms with E-state index in [4.69, 9.17) is 9.47 Å². The van der Waals surface area contributed by atoms with Gasteiger partial charge in [-0.05, 0) is 37.1 Å². The maximum Gasteiger partial charge on any atom is 0.269 e. The number of hydrazine groups is 1. The second kappa shape index (κ2) is 9.78. The predicted molar refractivity (Wildman–Crippen MR) is 83.5 cm³/mol. The Kier molecular flexibility index (Phi) is 7.99. The van der Waals surface area contributed by atoms with E-state index in [1.165, 1.54) is 0 Å². The second-order valence-electron chi connectivity index (χ2n) is 5.18. The van der Waals surface area contributed by atoms with Gasteiger partial charge in [-0.15, -0.1) is 0 Å². The van der Waals surface area contributed by atoms with E-state index >= 15 is 0 Å². The third kappa shape index (κ3) is 7.08. The fraction of sp³-hybridized carbons (Fsp3) is 0.500. The molecule has 0 atom stereocenters. The fourth-order valence-corrected chi connectivity index (χ4v) is 1.54. The van der Waals surface area contributed by atoms with Crippen molar-refractivity contribution < 1.29 is 19.1 Å². The van der Waals surface area contributed by atoms with E-state index < -0.39 is 0 Å². The molecule has 6 nitrogen and oxygen atoms in total. The summed E-state index contributed by atoms with van der Waals surface area (Å²) in [7, 11) is 0. The van der Waals surface area contributed by atoms with E-state index in [2.05, 4.69) is 24.7 Å². The van der Waals surface area contributed by atoms with Crippen LogP contribution in [0.15, 0.2) is 24.3 Å². The lowest BCUT2D eigenvalue weighted by Crippen LogP contribution is -2.41. The van der Waals surface area contributed by atoms with Gasteiger partial charge in [-0.3, -0.25) is 20.4 Å². The first-order valence-electron chi connectivity index (χ1n) is 7.42. The van der Waals surface area contributed by atoms with Crippen LogP contribution in [0, 0.1) is 5.92 Å². The number of hydrogen-bond donors (Lipinski definition) is 2. The summed E-state index contributed by atoms with van der Waals surface area (Å²) in [6.45, 7) is 7.51. The molecule has 22 heavy (non-hydrogen) atoms. The van der Waals surface area contributed by atoms with Crippen LogP contribution in [0.2, 0.25) is 0 Å². The summed E-state index contributed by atoms with van der Waals surface area (Å²) in [6, 6.07) is 6.76. The Morgan fingerprint density at radius 3 is 2.41 bits per heavy atom. The molecule has 0 aliphatic heterocycles. The highest BCUT2D eigenvalue weighted by molar-refractivity contribution is 5.95. The molecule has 0 aliphatic carbocycles. The summed E-state index contributed by atoms with van der Waals surface area (Å²) in [6.07, 6.45) is 0.204. The Morgan fingerprint density at radius 1 is 1.14 bits per heavy atom. The SMILES string of the molecule is CCOCCC(=O)NNC(=O)c1ccc(OCC(C)C)cc1. The van der Waals surface area contributed by atoms with Crippen LogP contribution in [0.1, 0.15) is 37.6 Å². The van der Waals surface area contributed by atoms with E-state index in [0.29, 0.717) is 37.1 Å². The number of amides is 2. The molecule has 2 N–H and O–H groups in total. The number of benzene rings is 1. The zero-order valence-corrected chi connectivity index (χ0v) is 13.3. The van der Waals surface area contributed by atoms with E-state index in [-0.39, 0.29) is 18.2 Å². The summed E-state index contributed by atoms with van der Waals surface area (Å²) in [5.74, 6) is 0.486. The highest BCUT2D eigenvalue weighted by Crippen LogP contribution is 2.13. The number of hydrogen-bond acceptors (Lipinski definition) is 4. The van der Waals surface area contributed by atoms with E-state index in [1.54, 1.807) is 24.3 Å². The lowest BCUT2D eigenvalue weighted by atomic mass is 10.2. The normalized spacial score (nSPS) is 10.4. The van der Waals surface area contributed by atoms with Crippen molar-refractivity contribution >= 4 is 11.8 Å². The van der Waals surface area contributed by atoms with Crippen LogP contribution >= 0.6 is 0 Å². The van der Waals surface area contributed by atoms with Gasteiger partial charge in [-0.25, -0.2) is 0 Å². The van der Waals surface area contributed by atoms with Crippen LogP contribution in [0.3, 0.4) is 0 Å². The van der Waals surface area contributed by atoms with Crippen molar-refractivity contribution in [3.8, 4) is 5.75 Å². The zero-order chi connectivity index (χ0) is 16.4. The van der Waals surface area contributed by atoms with Crippen molar-refractivity contribution in [2.45, 2.75) is 27.2 Å². The van der Waals surface area contributed by atoms with Gasteiger partial charge in [0, 0.05) is 12.2 Å². The lowest BCUT2D eigenvalue weighted by molar-refractivity contribution is -0.122. The van der Waals surface area contributed by atoms with Crippen molar-refractivity contribution in [2.75, 3.05) is 19.8 Å². The molecule has 0 saturated carbocycles. The van der Waals surface area contributed by atoms with Crippen molar-refractivity contribution in [2.24, 2.45) is 5.92 Å². The van der Waals surface area contributed by atoms with Crippen LogP contribution in [0.5, 0.6) is 5.75 Å². The zero-order valence-electron chi connectivity index (χ0n) is 13.3. The van der Waals surface area contributed by atoms with Crippen molar-refractivity contribution in [1.82, 2.24) is 10.9 Å². The van der Waals surface area contributed by atoms with E-state index in [9.17, 15) is 9.59 Å². The summed E-state index contributed by atoms with van der Waals surface area (Å²) < 4.78 is 10.6. The second-order valence-corrected chi connectivity index (χ2v) is 5.18. The Hall–Kier alpha value is -2.08. The van der Waals surface area contributed by atoms with E-state index in [0.717, 1.165) is 0 Å². The smallest absolute Gasteiger partial charge is 0.269 e. The Balaban J connectivity index is 2.37. The monoisotopic (exact) mass is 308 g/mol. The third-order valence-corrected chi connectivity index (χ3v) is 2.69. The third-order valence-electron chi connectivity index (χ3n) is 2.69. The largest absolute Gasteiger partial charge is 0.493 e. The minimum Gasteiger partial charge on any atom is -0.493 e. The molecule has 0 aliphatic rings. The van der Waals surface area contributed by atoms with Gasteiger partial charge >= 0.3 is 0 Å². The molecular weight excluding hydrogens is 284 g/mol. The molecule has 0 bridgehead atoms. The van der Waals surface area contributed by atoms with Crippen molar-refractivity contribution in [1.29, 1.82) is 0 Å². The molecule has 1 aromatic rings. The molecule has 0 saturated heterocycles. The fourth-order valence-electron chi connectivity index (χ4n) is 1.54. The number of rotatable bonds is 8. The van der Waals surface area contributed by atoms with Gasteiger partial charge in [0.2, 0.25) is 5.91 Å². The van der Waals surface area contributed by atoms with Gasteiger partial charge in [0.25, 0.3) is 5.91 Å². The average Bonchev–Trinajstić information content (AvgIpc) is 2.51. The number of carbonyl (C=O) groups excluding carboxylic acids is 2. The first kappa shape index (κ1) is 18.0. The quantitative estimate of drug-likeness (QED) is 0.568. The standard InChI is InChI=1S/C16H24N2O4/c1-4-21-10-9-15(19)17-18-16(20)13-5-7-14(8-6-13)22-11-12(2)3/h5-8,12H,4,9-11H2,1-3H3,(H,17,19)(H,18,20). The van der Waals surface area contributed by atoms with Gasteiger partial charge in [0.1, 0.15) is 5.75 Å².